The van der Waals surface area contributed by atoms with E-state index in [1.54, 1.807) is 12.1 Å². The molecule has 2 N–H and O–H groups in total. The average Bonchev–Trinajstić information content (AvgIpc) is 2.87. The van der Waals surface area contributed by atoms with Crippen LogP contribution < -0.4 is 10.6 Å². The van der Waals surface area contributed by atoms with Gasteiger partial charge < -0.3 is 10.6 Å². The largest absolute Gasteiger partial charge is 0.354 e. The fraction of sp³-hybridized carbons (Fsp3) is 0.462. The minimum absolute atomic E-state index is 0.0371. The second-order valence-electron chi connectivity index (χ2n) is 4.44. The third-order valence-corrected chi connectivity index (χ3v) is 3.68. The number of hydrogen-bond donors (Lipinski definition) is 2. The van der Waals surface area contributed by atoms with E-state index in [4.69, 9.17) is 0 Å². The van der Waals surface area contributed by atoms with Gasteiger partial charge in [0.1, 0.15) is 5.82 Å². The fourth-order valence-corrected chi connectivity index (χ4v) is 2.48. The predicted molar refractivity (Wildman–Crippen MR) is 71.8 cm³/mol. The van der Waals surface area contributed by atoms with Crippen LogP contribution >= 0.6 is 15.9 Å². The van der Waals surface area contributed by atoms with Crippen molar-refractivity contribution >= 4 is 21.8 Å². The van der Waals surface area contributed by atoms with Crippen molar-refractivity contribution in [2.75, 3.05) is 13.1 Å². The molecule has 1 heterocycles. The first-order valence-electron chi connectivity index (χ1n) is 6.12. The van der Waals surface area contributed by atoms with Gasteiger partial charge in [0, 0.05) is 6.54 Å². The lowest BCUT2D eigenvalue weighted by molar-refractivity contribution is -0.122. The molecule has 1 amide bonds. The third-order valence-electron chi connectivity index (χ3n) is 3.07. The molecule has 1 atom stereocenters. The lowest BCUT2D eigenvalue weighted by atomic mass is 10.1. The molecule has 0 bridgehead atoms. The van der Waals surface area contributed by atoms with E-state index in [0.29, 0.717) is 17.4 Å². The van der Waals surface area contributed by atoms with Crippen molar-refractivity contribution in [1.29, 1.82) is 0 Å². The summed E-state index contributed by atoms with van der Waals surface area (Å²) < 4.78 is 13.5. The Hall–Kier alpha value is -0.940. The van der Waals surface area contributed by atoms with Crippen LogP contribution in [0.15, 0.2) is 22.7 Å². The van der Waals surface area contributed by atoms with Crippen molar-refractivity contribution in [1.82, 2.24) is 10.6 Å². The van der Waals surface area contributed by atoms with Crippen LogP contribution in [0.5, 0.6) is 0 Å². The number of benzene rings is 1. The maximum Gasteiger partial charge on any atom is 0.237 e. The average molecular weight is 315 g/mol. The van der Waals surface area contributed by atoms with Gasteiger partial charge in [-0.25, -0.2) is 4.39 Å². The molecule has 0 radical (unpaired) electrons. The van der Waals surface area contributed by atoms with E-state index in [-0.39, 0.29) is 17.8 Å². The van der Waals surface area contributed by atoms with E-state index in [1.165, 1.54) is 6.07 Å². The van der Waals surface area contributed by atoms with Gasteiger partial charge in [0.2, 0.25) is 5.91 Å². The zero-order valence-corrected chi connectivity index (χ0v) is 11.6. The van der Waals surface area contributed by atoms with Crippen molar-refractivity contribution in [3.8, 4) is 0 Å². The predicted octanol–water partition coefficient (Wildman–Crippen LogP) is 2.00. The quantitative estimate of drug-likeness (QED) is 0.892. The van der Waals surface area contributed by atoms with Crippen molar-refractivity contribution in [2.45, 2.75) is 25.3 Å². The first-order chi connectivity index (χ1) is 8.66. The molecule has 0 spiro atoms. The molecule has 1 aliphatic heterocycles. The van der Waals surface area contributed by atoms with Crippen LogP contribution in [0, 0.1) is 5.82 Å². The van der Waals surface area contributed by atoms with E-state index in [2.05, 4.69) is 26.6 Å². The smallest absolute Gasteiger partial charge is 0.237 e. The molecule has 1 saturated heterocycles. The SMILES string of the molecule is O=C(NCCc1ccc(F)c(Br)c1)C1CCCN1. The van der Waals surface area contributed by atoms with Gasteiger partial charge in [-0.2, -0.15) is 0 Å². The molecule has 0 aromatic heterocycles. The maximum absolute atomic E-state index is 13.0. The van der Waals surface area contributed by atoms with Crippen LogP contribution in [0.3, 0.4) is 0 Å². The summed E-state index contributed by atoms with van der Waals surface area (Å²) in [4.78, 5) is 11.7. The molecule has 0 saturated carbocycles. The van der Waals surface area contributed by atoms with Gasteiger partial charge in [-0.1, -0.05) is 6.07 Å². The molecular weight excluding hydrogens is 299 g/mol. The van der Waals surface area contributed by atoms with Gasteiger partial charge in [-0.15, -0.1) is 0 Å². The molecule has 5 heteroatoms. The van der Waals surface area contributed by atoms with E-state index < -0.39 is 0 Å². The Bertz CT molecular complexity index is 433. The zero-order valence-electron chi connectivity index (χ0n) is 10.0. The van der Waals surface area contributed by atoms with E-state index in [1.807, 2.05) is 0 Å². The maximum atomic E-state index is 13.0. The number of hydrogen-bond acceptors (Lipinski definition) is 2. The number of carbonyl (C=O) groups excluding carboxylic acids is 1. The molecule has 1 aliphatic rings. The van der Waals surface area contributed by atoms with Gasteiger partial charge in [-0.05, 0) is 59.4 Å². The van der Waals surface area contributed by atoms with E-state index in [9.17, 15) is 9.18 Å². The van der Waals surface area contributed by atoms with Crippen molar-refractivity contribution in [3.05, 3.63) is 34.1 Å². The van der Waals surface area contributed by atoms with Crippen molar-refractivity contribution < 1.29 is 9.18 Å². The molecule has 1 aromatic carbocycles. The van der Waals surface area contributed by atoms with Gasteiger partial charge in [0.25, 0.3) is 0 Å². The van der Waals surface area contributed by atoms with Gasteiger partial charge in [-0.3, -0.25) is 4.79 Å². The van der Waals surface area contributed by atoms with Crippen LogP contribution in [-0.4, -0.2) is 25.0 Å². The Morgan fingerprint density at radius 3 is 3.06 bits per heavy atom. The Labute approximate surface area is 114 Å². The first-order valence-corrected chi connectivity index (χ1v) is 6.91. The molecule has 18 heavy (non-hydrogen) atoms. The zero-order chi connectivity index (χ0) is 13.0. The number of halogens is 2. The number of amides is 1. The standard InChI is InChI=1S/C13H16BrFN2O/c14-10-8-9(3-4-11(10)15)5-7-17-13(18)12-2-1-6-16-12/h3-4,8,12,16H,1-2,5-7H2,(H,17,18). The fourth-order valence-electron chi connectivity index (χ4n) is 2.06. The summed E-state index contributed by atoms with van der Waals surface area (Å²) in [5, 5.41) is 6.05. The number of rotatable bonds is 4. The van der Waals surface area contributed by atoms with Crippen LogP contribution in [0.1, 0.15) is 18.4 Å². The van der Waals surface area contributed by atoms with E-state index >= 15 is 0 Å². The molecular formula is C13H16BrFN2O. The Kier molecular flexibility index (Phi) is 4.72. The highest BCUT2D eigenvalue weighted by atomic mass is 79.9. The summed E-state index contributed by atoms with van der Waals surface area (Å²) in [5.41, 5.74) is 1.00. The van der Waals surface area contributed by atoms with Crippen LogP contribution in [-0.2, 0) is 11.2 Å². The van der Waals surface area contributed by atoms with Gasteiger partial charge >= 0.3 is 0 Å². The van der Waals surface area contributed by atoms with Crippen LogP contribution in [0.25, 0.3) is 0 Å². The molecule has 98 valence electrons. The lowest BCUT2D eigenvalue weighted by Gasteiger charge is -2.11. The van der Waals surface area contributed by atoms with Crippen molar-refractivity contribution in [2.24, 2.45) is 0 Å². The molecule has 1 aromatic rings. The first kappa shape index (κ1) is 13.5. The lowest BCUT2D eigenvalue weighted by Crippen LogP contribution is -2.41. The summed E-state index contributed by atoms with van der Waals surface area (Å²) in [5.74, 6) is -0.202. The molecule has 2 rings (SSSR count). The minimum atomic E-state index is -0.266. The molecule has 1 fully saturated rings. The molecule has 1 unspecified atom stereocenters. The normalized spacial score (nSPS) is 18.9. The monoisotopic (exact) mass is 314 g/mol. The number of nitrogens with one attached hydrogen (secondary N) is 2. The Balaban J connectivity index is 1.77. The third kappa shape index (κ3) is 3.53. The summed E-state index contributed by atoms with van der Waals surface area (Å²) in [6.45, 7) is 1.50. The second-order valence-corrected chi connectivity index (χ2v) is 5.29. The van der Waals surface area contributed by atoms with E-state index in [0.717, 1.165) is 24.9 Å². The van der Waals surface area contributed by atoms with Crippen LogP contribution in [0.2, 0.25) is 0 Å². The highest BCUT2D eigenvalue weighted by Gasteiger charge is 2.21. The summed E-state index contributed by atoms with van der Waals surface area (Å²) in [7, 11) is 0. The van der Waals surface area contributed by atoms with Gasteiger partial charge in [0.05, 0.1) is 10.5 Å². The summed E-state index contributed by atoms with van der Waals surface area (Å²) in [6.07, 6.45) is 2.67. The summed E-state index contributed by atoms with van der Waals surface area (Å²) >= 11 is 3.15. The highest BCUT2D eigenvalue weighted by Crippen LogP contribution is 2.16. The molecule has 0 aliphatic carbocycles. The second kappa shape index (κ2) is 6.29. The topological polar surface area (TPSA) is 41.1 Å². The van der Waals surface area contributed by atoms with Crippen molar-refractivity contribution in [3.63, 3.8) is 0 Å². The Morgan fingerprint density at radius 2 is 2.39 bits per heavy atom. The van der Waals surface area contributed by atoms with Gasteiger partial charge in [0.15, 0.2) is 0 Å². The highest BCUT2D eigenvalue weighted by molar-refractivity contribution is 9.10. The molecule has 3 nitrogen and oxygen atoms in total. The summed E-state index contributed by atoms with van der Waals surface area (Å²) in [6, 6.07) is 4.87. The van der Waals surface area contributed by atoms with Crippen LogP contribution in [0.4, 0.5) is 4.39 Å². The minimum Gasteiger partial charge on any atom is -0.354 e. The Morgan fingerprint density at radius 1 is 1.56 bits per heavy atom. The number of carbonyl (C=O) groups is 1.